The van der Waals surface area contributed by atoms with Crippen molar-refractivity contribution in [3.63, 3.8) is 0 Å². The zero-order valence-corrected chi connectivity index (χ0v) is 12.8. The molecule has 1 heterocycles. The molecular formula is C19H15N3O2. The maximum absolute atomic E-state index is 12.1. The van der Waals surface area contributed by atoms with E-state index in [1.807, 2.05) is 18.2 Å². The number of benzene rings is 2. The molecule has 3 rings (SSSR count). The van der Waals surface area contributed by atoms with Crippen molar-refractivity contribution in [2.24, 2.45) is 0 Å². The Bertz CT molecular complexity index is 759. The van der Waals surface area contributed by atoms with E-state index < -0.39 is 0 Å². The predicted molar refractivity (Wildman–Crippen MR) is 93.0 cm³/mol. The second-order valence-electron chi connectivity index (χ2n) is 5.09. The van der Waals surface area contributed by atoms with Crippen LogP contribution >= 0.6 is 0 Å². The molecule has 3 aromatic rings. The van der Waals surface area contributed by atoms with Gasteiger partial charge in [-0.1, -0.05) is 18.2 Å². The lowest BCUT2D eigenvalue weighted by atomic mass is 10.2. The molecule has 0 fully saturated rings. The van der Waals surface area contributed by atoms with Gasteiger partial charge in [-0.25, -0.2) is 0 Å². The fourth-order valence-electron chi connectivity index (χ4n) is 2.14. The monoisotopic (exact) mass is 317 g/mol. The third kappa shape index (κ3) is 3.84. The Morgan fingerprint density at radius 3 is 1.58 bits per heavy atom. The molecule has 0 spiro atoms. The molecular weight excluding hydrogens is 302 g/mol. The normalized spacial score (nSPS) is 10.0. The van der Waals surface area contributed by atoms with Crippen molar-refractivity contribution in [2.75, 3.05) is 10.6 Å². The van der Waals surface area contributed by atoms with Gasteiger partial charge in [-0.15, -0.1) is 0 Å². The summed E-state index contributed by atoms with van der Waals surface area (Å²) >= 11 is 0. The predicted octanol–water partition coefficient (Wildman–Crippen LogP) is 3.59. The summed E-state index contributed by atoms with van der Waals surface area (Å²) in [4.78, 5) is 28.0. The highest BCUT2D eigenvalue weighted by Crippen LogP contribution is 2.15. The van der Waals surface area contributed by atoms with Gasteiger partial charge >= 0.3 is 0 Å². The van der Waals surface area contributed by atoms with Crippen LogP contribution in [0.5, 0.6) is 0 Å². The number of carbonyl (C=O) groups is 2. The summed E-state index contributed by atoms with van der Waals surface area (Å²) in [6.07, 6.45) is 3.13. The van der Waals surface area contributed by atoms with Crippen LogP contribution in [-0.4, -0.2) is 16.8 Å². The van der Waals surface area contributed by atoms with E-state index in [4.69, 9.17) is 0 Å². The number of nitrogens with zero attached hydrogens (tertiary/aromatic N) is 1. The minimum Gasteiger partial charge on any atom is -0.322 e. The highest BCUT2D eigenvalue weighted by atomic mass is 16.2. The lowest BCUT2D eigenvalue weighted by Gasteiger charge is -2.08. The Labute approximate surface area is 139 Å². The average molecular weight is 317 g/mol. The first kappa shape index (κ1) is 15.4. The maximum atomic E-state index is 12.1. The van der Waals surface area contributed by atoms with Gasteiger partial charge in [0.15, 0.2) is 0 Å². The van der Waals surface area contributed by atoms with Gasteiger partial charge in [0.2, 0.25) is 0 Å². The van der Waals surface area contributed by atoms with Gasteiger partial charge in [0.25, 0.3) is 11.8 Å². The molecule has 0 radical (unpaired) electrons. The van der Waals surface area contributed by atoms with Crippen LogP contribution < -0.4 is 10.6 Å². The summed E-state index contributed by atoms with van der Waals surface area (Å²) in [6.45, 7) is 0. The van der Waals surface area contributed by atoms with Crippen LogP contribution in [0.2, 0.25) is 0 Å². The first-order chi connectivity index (χ1) is 11.7. The summed E-state index contributed by atoms with van der Waals surface area (Å²) < 4.78 is 0. The Balaban J connectivity index is 1.63. The van der Waals surface area contributed by atoms with Crippen molar-refractivity contribution in [3.05, 3.63) is 90.3 Å². The van der Waals surface area contributed by atoms with Crippen molar-refractivity contribution in [3.8, 4) is 0 Å². The molecule has 118 valence electrons. The summed E-state index contributed by atoms with van der Waals surface area (Å²) in [5.74, 6) is -0.386. The lowest BCUT2D eigenvalue weighted by Crippen LogP contribution is -2.13. The topological polar surface area (TPSA) is 71.1 Å². The molecule has 0 atom stereocenters. The van der Waals surface area contributed by atoms with E-state index in [0.717, 1.165) is 0 Å². The number of pyridine rings is 1. The quantitative estimate of drug-likeness (QED) is 0.772. The Hall–Kier alpha value is -3.47. The Morgan fingerprint density at radius 1 is 0.625 bits per heavy atom. The van der Waals surface area contributed by atoms with Crippen molar-refractivity contribution >= 4 is 23.2 Å². The molecule has 24 heavy (non-hydrogen) atoms. The van der Waals surface area contributed by atoms with Gasteiger partial charge in [-0.2, -0.15) is 0 Å². The standard InChI is InChI=1S/C19H15N3O2/c23-18(14-4-2-1-3-5-14)21-16-6-8-17(9-7-16)22-19(24)15-10-12-20-13-11-15/h1-13H,(H,21,23)(H,22,24). The second kappa shape index (κ2) is 7.19. The lowest BCUT2D eigenvalue weighted by molar-refractivity contribution is 0.101. The van der Waals surface area contributed by atoms with Crippen molar-refractivity contribution in [2.45, 2.75) is 0 Å². The van der Waals surface area contributed by atoms with E-state index in [1.165, 1.54) is 0 Å². The number of hydrogen-bond donors (Lipinski definition) is 2. The molecule has 5 nitrogen and oxygen atoms in total. The van der Waals surface area contributed by atoms with Gasteiger partial charge in [0.1, 0.15) is 0 Å². The van der Waals surface area contributed by atoms with Crippen molar-refractivity contribution in [1.82, 2.24) is 4.98 Å². The van der Waals surface area contributed by atoms with E-state index in [0.29, 0.717) is 22.5 Å². The Morgan fingerprint density at radius 2 is 1.08 bits per heavy atom. The third-order valence-corrected chi connectivity index (χ3v) is 3.38. The van der Waals surface area contributed by atoms with Gasteiger partial charge in [0, 0.05) is 34.9 Å². The first-order valence-corrected chi connectivity index (χ1v) is 7.40. The molecule has 0 aliphatic rings. The third-order valence-electron chi connectivity index (χ3n) is 3.38. The van der Waals surface area contributed by atoms with E-state index >= 15 is 0 Å². The largest absolute Gasteiger partial charge is 0.322 e. The zero-order valence-electron chi connectivity index (χ0n) is 12.8. The number of anilines is 2. The van der Waals surface area contributed by atoms with Crippen LogP contribution in [0.4, 0.5) is 11.4 Å². The van der Waals surface area contributed by atoms with Gasteiger partial charge < -0.3 is 10.6 Å². The van der Waals surface area contributed by atoms with Gasteiger partial charge in [0.05, 0.1) is 0 Å². The van der Waals surface area contributed by atoms with Crippen LogP contribution in [0, 0.1) is 0 Å². The fourth-order valence-corrected chi connectivity index (χ4v) is 2.14. The van der Waals surface area contributed by atoms with E-state index in [2.05, 4.69) is 15.6 Å². The van der Waals surface area contributed by atoms with E-state index in [-0.39, 0.29) is 11.8 Å². The molecule has 2 aromatic carbocycles. The van der Waals surface area contributed by atoms with Crippen molar-refractivity contribution in [1.29, 1.82) is 0 Å². The van der Waals surface area contributed by atoms with Crippen LogP contribution in [-0.2, 0) is 0 Å². The molecule has 0 unspecified atom stereocenters. The fraction of sp³-hybridized carbons (Fsp3) is 0. The highest BCUT2D eigenvalue weighted by Gasteiger charge is 2.07. The van der Waals surface area contributed by atoms with Crippen molar-refractivity contribution < 1.29 is 9.59 Å². The molecule has 2 N–H and O–H groups in total. The number of carbonyl (C=O) groups excluding carboxylic acids is 2. The number of nitrogens with one attached hydrogen (secondary N) is 2. The van der Waals surface area contributed by atoms with E-state index in [9.17, 15) is 9.59 Å². The number of hydrogen-bond acceptors (Lipinski definition) is 3. The summed E-state index contributed by atoms with van der Waals surface area (Å²) in [5.41, 5.74) is 2.43. The molecule has 0 bridgehead atoms. The Kier molecular flexibility index (Phi) is 4.62. The van der Waals surface area contributed by atoms with Crippen LogP contribution in [0.1, 0.15) is 20.7 Å². The summed E-state index contributed by atoms with van der Waals surface area (Å²) in [5, 5.41) is 5.60. The number of aromatic nitrogens is 1. The average Bonchev–Trinajstić information content (AvgIpc) is 2.65. The molecule has 0 aliphatic heterocycles. The van der Waals surface area contributed by atoms with Crippen LogP contribution in [0.25, 0.3) is 0 Å². The molecule has 1 aromatic heterocycles. The van der Waals surface area contributed by atoms with Gasteiger partial charge in [-0.3, -0.25) is 14.6 Å². The highest BCUT2D eigenvalue weighted by molar-refractivity contribution is 6.05. The molecule has 0 aliphatic carbocycles. The summed E-state index contributed by atoms with van der Waals surface area (Å²) in [6, 6.07) is 19.2. The van der Waals surface area contributed by atoms with Crippen LogP contribution in [0.3, 0.4) is 0 Å². The molecule has 2 amide bonds. The second-order valence-corrected chi connectivity index (χ2v) is 5.09. The molecule has 0 saturated heterocycles. The minimum atomic E-state index is -0.210. The number of amides is 2. The first-order valence-electron chi connectivity index (χ1n) is 7.40. The smallest absolute Gasteiger partial charge is 0.255 e. The maximum Gasteiger partial charge on any atom is 0.255 e. The van der Waals surface area contributed by atoms with Crippen LogP contribution in [0.15, 0.2) is 79.1 Å². The summed E-state index contributed by atoms with van der Waals surface area (Å²) in [7, 11) is 0. The van der Waals surface area contributed by atoms with E-state index in [1.54, 1.807) is 60.9 Å². The molecule has 5 heteroatoms. The zero-order chi connectivity index (χ0) is 16.8. The molecule has 0 saturated carbocycles. The number of rotatable bonds is 4. The minimum absolute atomic E-state index is 0.177. The SMILES string of the molecule is O=C(Nc1ccc(NC(=O)c2ccncc2)cc1)c1ccccc1. The van der Waals surface area contributed by atoms with Gasteiger partial charge in [-0.05, 0) is 48.5 Å².